The Bertz CT molecular complexity index is 268. The van der Waals surface area contributed by atoms with Crippen LogP contribution in [0.5, 0.6) is 0 Å². The van der Waals surface area contributed by atoms with E-state index in [0.29, 0.717) is 6.42 Å². The summed E-state index contributed by atoms with van der Waals surface area (Å²) < 4.78 is 0. The molecule has 79 valence electrons. The van der Waals surface area contributed by atoms with Crippen LogP contribution in [0, 0.1) is 5.92 Å². The molecule has 0 aromatic heterocycles. The maximum absolute atomic E-state index is 12.0. The quantitative estimate of drug-likeness (QED) is 0.500. The van der Waals surface area contributed by atoms with E-state index in [1.54, 1.807) is 0 Å². The molecule has 0 N–H and O–H groups in total. The third-order valence-electron chi connectivity index (χ3n) is 3.42. The zero-order valence-electron chi connectivity index (χ0n) is 9.33. The van der Waals surface area contributed by atoms with E-state index in [-0.39, 0.29) is 5.92 Å². The van der Waals surface area contributed by atoms with Crippen molar-refractivity contribution in [2.45, 2.75) is 45.2 Å². The van der Waals surface area contributed by atoms with Crippen LogP contribution in [0.3, 0.4) is 0 Å². The molecule has 0 aliphatic carbocycles. The lowest BCUT2D eigenvalue weighted by Crippen LogP contribution is -2.46. The second-order valence-electron chi connectivity index (χ2n) is 4.99. The van der Waals surface area contributed by atoms with E-state index in [0.717, 1.165) is 16.9 Å². The lowest BCUT2D eigenvalue weighted by molar-refractivity contribution is -0.245. The number of rotatable bonds is 2. The molecule has 0 amide bonds. The Morgan fingerprint density at radius 2 is 1.93 bits per heavy atom. The SMILES string of the molecule is C=C1C(CC=O)C(C)(C)N([O])C1(C)C. The molecule has 1 radical (unpaired) electrons. The molecule has 1 aliphatic heterocycles. The summed E-state index contributed by atoms with van der Waals surface area (Å²) in [7, 11) is 0. The molecule has 3 nitrogen and oxygen atoms in total. The van der Waals surface area contributed by atoms with Crippen molar-refractivity contribution in [3.05, 3.63) is 12.2 Å². The van der Waals surface area contributed by atoms with E-state index < -0.39 is 11.1 Å². The van der Waals surface area contributed by atoms with Crippen LogP contribution < -0.4 is 0 Å². The van der Waals surface area contributed by atoms with Crippen molar-refractivity contribution in [2.75, 3.05) is 0 Å². The maximum Gasteiger partial charge on any atom is 0.120 e. The minimum Gasteiger partial charge on any atom is -0.303 e. The summed E-state index contributed by atoms with van der Waals surface area (Å²) in [5.74, 6) is -0.0347. The molecule has 1 fully saturated rings. The average molecular weight is 196 g/mol. The van der Waals surface area contributed by atoms with Crippen LogP contribution in [0.15, 0.2) is 12.2 Å². The predicted molar refractivity (Wildman–Crippen MR) is 54.0 cm³/mol. The number of carbonyl (C=O) groups is 1. The van der Waals surface area contributed by atoms with E-state index in [2.05, 4.69) is 6.58 Å². The highest BCUT2D eigenvalue weighted by Gasteiger charge is 2.54. The van der Waals surface area contributed by atoms with E-state index in [9.17, 15) is 10.0 Å². The summed E-state index contributed by atoms with van der Waals surface area (Å²) in [6, 6.07) is 0. The molecular formula is C11H18NO2. The molecule has 14 heavy (non-hydrogen) atoms. The number of hydrogen-bond acceptors (Lipinski definition) is 2. The summed E-state index contributed by atoms with van der Waals surface area (Å²) >= 11 is 0. The summed E-state index contributed by atoms with van der Waals surface area (Å²) in [5.41, 5.74) is -0.219. The van der Waals surface area contributed by atoms with Gasteiger partial charge in [-0.25, -0.2) is 0 Å². The van der Waals surface area contributed by atoms with Gasteiger partial charge in [-0.05, 0) is 33.3 Å². The smallest absolute Gasteiger partial charge is 0.120 e. The Kier molecular flexibility index (Phi) is 2.59. The molecule has 0 spiro atoms. The largest absolute Gasteiger partial charge is 0.303 e. The van der Waals surface area contributed by atoms with Gasteiger partial charge in [0, 0.05) is 12.3 Å². The van der Waals surface area contributed by atoms with Crippen molar-refractivity contribution in [3.8, 4) is 0 Å². The van der Waals surface area contributed by atoms with Gasteiger partial charge in [0.15, 0.2) is 0 Å². The van der Waals surface area contributed by atoms with E-state index in [1.165, 1.54) is 0 Å². The second-order valence-corrected chi connectivity index (χ2v) is 4.99. The third-order valence-corrected chi connectivity index (χ3v) is 3.42. The normalized spacial score (nSPS) is 30.6. The van der Waals surface area contributed by atoms with Gasteiger partial charge in [-0.15, -0.1) is 10.3 Å². The number of hydrogen-bond donors (Lipinski definition) is 0. The minimum absolute atomic E-state index is 0.0347. The zero-order valence-corrected chi connectivity index (χ0v) is 9.33. The first-order valence-corrected chi connectivity index (χ1v) is 4.86. The van der Waals surface area contributed by atoms with Gasteiger partial charge in [-0.1, -0.05) is 6.58 Å². The Morgan fingerprint density at radius 1 is 1.43 bits per heavy atom. The van der Waals surface area contributed by atoms with Gasteiger partial charge in [0.2, 0.25) is 0 Å². The summed E-state index contributed by atoms with van der Waals surface area (Å²) in [6.45, 7) is 11.4. The second kappa shape index (κ2) is 3.17. The third kappa shape index (κ3) is 1.31. The monoisotopic (exact) mass is 196 g/mol. The average Bonchev–Trinajstić information content (AvgIpc) is 2.19. The van der Waals surface area contributed by atoms with Gasteiger partial charge in [-0.2, -0.15) is 0 Å². The molecule has 0 aromatic carbocycles. The van der Waals surface area contributed by atoms with Gasteiger partial charge in [0.25, 0.3) is 0 Å². The van der Waals surface area contributed by atoms with E-state index in [1.807, 2.05) is 27.7 Å². The van der Waals surface area contributed by atoms with Crippen LogP contribution >= 0.6 is 0 Å². The van der Waals surface area contributed by atoms with Crippen molar-refractivity contribution in [1.29, 1.82) is 0 Å². The highest BCUT2D eigenvalue weighted by Crippen LogP contribution is 2.48. The Balaban J connectivity index is 3.09. The summed E-state index contributed by atoms with van der Waals surface area (Å²) in [5, 5.41) is 13.1. The Labute approximate surface area is 85.4 Å². The van der Waals surface area contributed by atoms with Gasteiger partial charge in [0.1, 0.15) is 6.29 Å². The first kappa shape index (κ1) is 11.4. The van der Waals surface area contributed by atoms with Crippen LogP contribution in [0.2, 0.25) is 0 Å². The fraction of sp³-hybridized carbons (Fsp3) is 0.727. The van der Waals surface area contributed by atoms with Crippen LogP contribution in [-0.2, 0) is 10.0 Å². The Hall–Kier alpha value is -0.670. The molecule has 1 heterocycles. The maximum atomic E-state index is 12.0. The molecule has 3 heteroatoms. The molecule has 1 rings (SSSR count). The van der Waals surface area contributed by atoms with Gasteiger partial charge in [-0.3, -0.25) is 0 Å². The summed E-state index contributed by atoms with van der Waals surface area (Å²) in [4.78, 5) is 10.6. The molecule has 0 bridgehead atoms. The number of nitrogens with zero attached hydrogens (tertiary/aromatic N) is 1. The lowest BCUT2D eigenvalue weighted by Gasteiger charge is -2.32. The zero-order chi connectivity index (χ0) is 11.1. The van der Waals surface area contributed by atoms with Gasteiger partial charge >= 0.3 is 0 Å². The molecule has 1 aliphatic rings. The molecule has 1 saturated heterocycles. The van der Waals surface area contributed by atoms with Crippen molar-refractivity contribution in [3.63, 3.8) is 0 Å². The predicted octanol–water partition coefficient (Wildman–Crippen LogP) is 1.97. The van der Waals surface area contributed by atoms with Crippen LogP contribution in [0.1, 0.15) is 34.1 Å². The van der Waals surface area contributed by atoms with Crippen LogP contribution in [-0.4, -0.2) is 22.4 Å². The number of carbonyl (C=O) groups excluding carboxylic acids is 1. The standard InChI is InChI=1S/C11H18NO2/c1-8-9(6-7-13)11(4,5)12(14)10(8,2)3/h7,9H,1,6H2,2-5H3. The highest BCUT2D eigenvalue weighted by molar-refractivity contribution is 5.52. The van der Waals surface area contributed by atoms with E-state index >= 15 is 0 Å². The van der Waals surface area contributed by atoms with Gasteiger partial charge < -0.3 is 4.79 Å². The molecule has 0 aromatic rings. The lowest BCUT2D eigenvalue weighted by atomic mass is 9.81. The minimum atomic E-state index is -0.558. The van der Waals surface area contributed by atoms with Crippen molar-refractivity contribution < 1.29 is 10.0 Å². The molecule has 0 saturated carbocycles. The topological polar surface area (TPSA) is 40.2 Å². The summed E-state index contributed by atoms with van der Waals surface area (Å²) in [6.07, 6.45) is 1.25. The Morgan fingerprint density at radius 3 is 2.21 bits per heavy atom. The molecular weight excluding hydrogens is 178 g/mol. The number of aldehydes is 1. The fourth-order valence-electron chi connectivity index (χ4n) is 2.37. The van der Waals surface area contributed by atoms with Crippen LogP contribution in [0.25, 0.3) is 0 Å². The van der Waals surface area contributed by atoms with Crippen molar-refractivity contribution in [2.24, 2.45) is 5.92 Å². The van der Waals surface area contributed by atoms with Crippen molar-refractivity contribution >= 4 is 6.29 Å². The van der Waals surface area contributed by atoms with Crippen molar-refractivity contribution in [1.82, 2.24) is 5.06 Å². The molecule has 1 unspecified atom stereocenters. The number of hydroxylamine groups is 2. The first-order chi connectivity index (χ1) is 6.26. The van der Waals surface area contributed by atoms with Crippen LogP contribution in [0.4, 0.5) is 0 Å². The first-order valence-electron chi connectivity index (χ1n) is 4.86. The fourth-order valence-corrected chi connectivity index (χ4v) is 2.37. The van der Waals surface area contributed by atoms with Gasteiger partial charge in [0.05, 0.1) is 11.1 Å². The van der Waals surface area contributed by atoms with E-state index in [4.69, 9.17) is 0 Å². The highest BCUT2D eigenvalue weighted by atomic mass is 16.5. The molecule has 1 atom stereocenters.